The molecule has 0 aromatic heterocycles. The molecule has 0 radical (unpaired) electrons. The molecule has 28 heavy (non-hydrogen) atoms. The molecule has 0 saturated heterocycles. The second kappa shape index (κ2) is 9.45. The molecule has 0 fully saturated rings. The lowest BCUT2D eigenvalue weighted by molar-refractivity contribution is -0.478. The third-order valence-corrected chi connectivity index (χ3v) is 4.04. The van der Waals surface area contributed by atoms with Gasteiger partial charge in [-0.25, -0.2) is 0 Å². The van der Waals surface area contributed by atoms with E-state index in [0.29, 0.717) is 5.56 Å². The van der Waals surface area contributed by atoms with E-state index >= 15 is 0 Å². The lowest BCUT2D eigenvalue weighted by Crippen LogP contribution is -2.71. The van der Waals surface area contributed by atoms with Gasteiger partial charge in [-0.2, -0.15) is 0 Å². The molecular formula is C22H22N3O3+. The number of carbonyl (C=O) groups is 1. The Hall–Kier alpha value is -3.48. The number of carbonyl (C=O) groups excluding carboxylic acids is 1. The van der Waals surface area contributed by atoms with E-state index in [4.69, 9.17) is 15.3 Å². The molecule has 0 spiro atoms. The van der Waals surface area contributed by atoms with Gasteiger partial charge >= 0.3 is 0 Å². The van der Waals surface area contributed by atoms with Gasteiger partial charge in [0, 0.05) is 24.7 Å². The maximum Gasteiger partial charge on any atom is 0.270 e. The van der Waals surface area contributed by atoms with Crippen LogP contribution in [-0.2, 0) is 4.79 Å². The Kier molecular flexibility index (Phi) is 6.51. The van der Waals surface area contributed by atoms with Gasteiger partial charge in [-0.05, 0) is 30.3 Å². The number of para-hydroxylation sites is 2. The Labute approximate surface area is 163 Å². The van der Waals surface area contributed by atoms with E-state index in [1.165, 1.54) is 0 Å². The minimum absolute atomic E-state index is 0.121. The Bertz CT molecular complexity index is 941. The van der Waals surface area contributed by atoms with Gasteiger partial charge in [0.15, 0.2) is 0 Å². The van der Waals surface area contributed by atoms with Crippen molar-refractivity contribution in [2.75, 3.05) is 13.2 Å². The van der Waals surface area contributed by atoms with Crippen LogP contribution in [0.3, 0.4) is 0 Å². The van der Waals surface area contributed by atoms with Gasteiger partial charge in [0.1, 0.15) is 28.6 Å². The molecule has 5 N–H and O–H groups in total. The monoisotopic (exact) mass is 376 g/mol. The molecule has 0 bridgehead atoms. The fourth-order valence-electron chi connectivity index (χ4n) is 2.67. The first-order valence-corrected chi connectivity index (χ1v) is 8.92. The number of amides is 1. The summed E-state index contributed by atoms with van der Waals surface area (Å²) in [5.41, 5.74) is 2.09. The summed E-state index contributed by atoms with van der Waals surface area (Å²) in [6, 6.07) is 24.4. The number of aliphatic hydroxyl groups excluding tert-OH is 1. The van der Waals surface area contributed by atoms with Crippen LogP contribution in [0.25, 0.3) is 0 Å². The molecule has 142 valence electrons. The molecule has 0 aliphatic heterocycles. The van der Waals surface area contributed by atoms with Gasteiger partial charge < -0.3 is 15.2 Å². The molecule has 3 rings (SSSR count). The summed E-state index contributed by atoms with van der Waals surface area (Å²) in [5.74, 6) is 0.987. The molecule has 3 aromatic carbocycles. The quantitative estimate of drug-likeness (QED) is 0.359. The summed E-state index contributed by atoms with van der Waals surface area (Å²) < 4.78 is 5.79. The molecule has 0 atom stereocenters. The van der Waals surface area contributed by atoms with Gasteiger partial charge in [-0.3, -0.25) is 15.5 Å². The second-order valence-corrected chi connectivity index (χ2v) is 6.07. The second-order valence-electron chi connectivity index (χ2n) is 6.07. The van der Waals surface area contributed by atoms with Crippen LogP contribution in [0.1, 0.15) is 5.56 Å². The molecule has 0 saturated carbocycles. The van der Waals surface area contributed by atoms with E-state index in [0.717, 1.165) is 22.9 Å². The number of rotatable bonds is 8. The van der Waals surface area contributed by atoms with Gasteiger partial charge in [0.2, 0.25) is 0 Å². The lowest BCUT2D eigenvalue weighted by atomic mass is 10.1. The maximum atomic E-state index is 12.0. The molecule has 0 heterocycles. The highest BCUT2D eigenvalue weighted by atomic mass is 16.5. The molecule has 1 amide bonds. The molecule has 0 unspecified atom stereocenters. The normalized spacial score (nSPS) is 10.3. The van der Waals surface area contributed by atoms with Crippen LogP contribution in [0.4, 0.5) is 11.4 Å². The van der Waals surface area contributed by atoms with Crippen molar-refractivity contribution in [1.82, 2.24) is 5.32 Å². The lowest BCUT2D eigenvalue weighted by Gasteiger charge is -2.09. The molecule has 0 aliphatic rings. The van der Waals surface area contributed by atoms with E-state index in [-0.39, 0.29) is 18.9 Å². The average molecular weight is 376 g/mol. The van der Waals surface area contributed by atoms with Crippen molar-refractivity contribution in [3.05, 3.63) is 84.4 Å². The molecule has 0 aliphatic carbocycles. The number of quaternary nitrogens is 1. The number of aliphatic hydroxyl groups is 1. The fraction of sp³-hybridized carbons (Fsp3) is 0.0909. The SMILES string of the molecule is N=C(C(=O)NCCO)c1ccccc1[NH2+]c1ccc(Oc2ccccc2)cc1. The number of ether oxygens (including phenoxy) is 1. The smallest absolute Gasteiger partial charge is 0.270 e. The number of nitrogens with one attached hydrogen (secondary N) is 2. The van der Waals surface area contributed by atoms with Crippen LogP contribution in [-0.4, -0.2) is 29.9 Å². The number of benzene rings is 3. The van der Waals surface area contributed by atoms with Gasteiger partial charge in [-0.15, -0.1) is 0 Å². The summed E-state index contributed by atoms with van der Waals surface area (Å²) in [4.78, 5) is 12.0. The summed E-state index contributed by atoms with van der Waals surface area (Å²) in [6.45, 7) is -0.0415. The van der Waals surface area contributed by atoms with Crippen molar-refractivity contribution in [1.29, 1.82) is 5.41 Å². The molecule has 3 aromatic rings. The van der Waals surface area contributed by atoms with Crippen LogP contribution < -0.4 is 15.4 Å². The predicted molar refractivity (Wildman–Crippen MR) is 108 cm³/mol. The largest absolute Gasteiger partial charge is 0.457 e. The standard InChI is InChI=1S/C22H21N3O3/c23-21(22(27)24-14-15-26)19-8-4-5-9-20(19)25-16-10-12-18(13-11-16)28-17-6-2-1-3-7-17/h1-13,23,25-26H,14-15H2,(H,24,27)/p+1. The minimum atomic E-state index is -0.512. The predicted octanol–water partition coefficient (Wildman–Crippen LogP) is 2.48. The zero-order valence-electron chi connectivity index (χ0n) is 15.3. The minimum Gasteiger partial charge on any atom is -0.457 e. The van der Waals surface area contributed by atoms with Gasteiger partial charge in [0.05, 0.1) is 12.2 Å². The van der Waals surface area contributed by atoms with Crippen molar-refractivity contribution in [2.24, 2.45) is 0 Å². The van der Waals surface area contributed by atoms with Crippen LogP contribution in [0.5, 0.6) is 11.5 Å². The van der Waals surface area contributed by atoms with E-state index in [9.17, 15) is 4.79 Å². The highest BCUT2D eigenvalue weighted by Crippen LogP contribution is 2.22. The first kappa shape index (κ1) is 19.3. The van der Waals surface area contributed by atoms with Crippen molar-refractivity contribution in [2.45, 2.75) is 0 Å². The maximum absolute atomic E-state index is 12.0. The van der Waals surface area contributed by atoms with Gasteiger partial charge in [0.25, 0.3) is 5.91 Å². The van der Waals surface area contributed by atoms with E-state index < -0.39 is 5.91 Å². The summed E-state index contributed by atoms with van der Waals surface area (Å²) in [7, 11) is 0. The Morgan fingerprint density at radius 2 is 1.57 bits per heavy atom. The van der Waals surface area contributed by atoms with E-state index in [1.807, 2.05) is 72.0 Å². The highest BCUT2D eigenvalue weighted by Gasteiger charge is 2.17. The first-order valence-electron chi connectivity index (χ1n) is 8.92. The Balaban J connectivity index is 1.72. The van der Waals surface area contributed by atoms with Gasteiger partial charge in [-0.1, -0.05) is 30.3 Å². The number of hydrogen-bond acceptors (Lipinski definition) is 4. The van der Waals surface area contributed by atoms with Crippen molar-refractivity contribution < 1.29 is 20.0 Å². The topological polar surface area (TPSA) is 99.0 Å². The van der Waals surface area contributed by atoms with Crippen LogP contribution in [0, 0.1) is 5.41 Å². The van der Waals surface area contributed by atoms with E-state index in [1.54, 1.807) is 12.1 Å². The third-order valence-electron chi connectivity index (χ3n) is 4.04. The summed E-state index contributed by atoms with van der Waals surface area (Å²) >= 11 is 0. The molecular weight excluding hydrogens is 354 g/mol. The summed E-state index contributed by atoms with van der Waals surface area (Å²) in [5, 5.41) is 21.4. The zero-order chi connectivity index (χ0) is 19.8. The molecule has 6 nitrogen and oxygen atoms in total. The van der Waals surface area contributed by atoms with Crippen molar-refractivity contribution in [3.8, 4) is 11.5 Å². The van der Waals surface area contributed by atoms with Crippen molar-refractivity contribution in [3.63, 3.8) is 0 Å². The number of nitrogens with two attached hydrogens (primary N) is 1. The van der Waals surface area contributed by atoms with Crippen LogP contribution >= 0.6 is 0 Å². The van der Waals surface area contributed by atoms with E-state index in [2.05, 4.69) is 5.32 Å². The summed E-state index contributed by atoms with van der Waals surface area (Å²) in [6.07, 6.45) is 0. The first-order chi connectivity index (χ1) is 13.7. The van der Waals surface area contributed by atoms with Crippen LogP contribution in [0.2, 0.25) is 0 Å². The average Bonchev–Trinajstić information content (AvgIpc) is 2.74. The fourth-order valence-corrected chi connectivity index (χ4v) is 2.67. The molecule has 6 heteroatoms. The Morgan fingerprint density at radius 3 is 2.29 bits per heavy atom. The third kappa shape index (κ3) is 5.03. The highest BCUT2D eigenvalue weighted by molar-refractivity contribution is 6.44. The van der Waals surface area contributed by atoms with Crippen molar-refractivity contribution >= 4 is 23.0 Å². The van der Waals surface area contributed by atoms with Crippen LogP contribution in [0.15, 0.2) is 78.9 Å². The zero-order valence-corrected chi connectivity index (χ0v) is 15.3. The number of hydrogen-bond donors (Lipinski definition) is 4. The Morgan fingerprint density at radius 1 is 0.929 bits per heavy atom.